The van der Waals surface area contributed by atoms with Crippen LogP contribution in [0.1, 0.15) is 56.7 Å². The standard InChI is InChI=1S/C19H26ClN/c1-13-4-3-5-21-16(13)7-17(20)19-10-14-6-15(11-19)9-18(2,8-14)12-19/h3-5,14-15,17H,6-12H2,1-2H3. The third kappa shape index (κ3) is 2.32. The molecule has 4 aliphatic carbocycles. The zero-order chi connectivity index (χ0) is 14.7. The minimum absolute atomic E-state index is 0.260. The molecule has 4 bridgehead atoms. The molecule has 4 saturated carbocycles. The molecule has 114 valence electrons. The normalized spacial score (nSPS) is 42.2. The Morgan fingerprint density at radius 2 is 2.00 bits per heavy atom. The highest BCUT2D eigenvalue weighted by Gasteiger charge is 2.57. The first kappa shape index (κ1) is 14.1. The van der Waals surface area contributed by atoms with Crippen molar-refractivity contribution in [2.45, 2.75) is 64.2 Å². The molecule has 4 fully saturated rings. The number of alkyl halides is 1. The first-order valence-electron chi connectivity index (χ1n) is 8.53. The molecule has 3 atom stereocenters. The Kier molecular flexibility index (Phi) is 3.16. The van der Waals surface area contributed by atoms with Crippen molar-refractivity contribution >= 4 is 11.6 Å². The average Bonchev–Trinajstić information content (AvgIpc) is 2.38. The van der Waals surface area contributed by atoms with Crippen LogP contribution in [0.25, 0.3) is 0 Å². The number of rotatable bonds is 3. The highest BCUT2D eigenvalue weighted by atomic mass is 35.5. The molecular formula is C19H26ClN. The second-order valence-corrected chi connectivity index (χ2v) is 9.10. The molecule has 21 heavy (non-hydrogen) atoms. The third-order valence-corrected chi connectivity index (χ3v) is 7.17. The van der Waals surface area contributed by atoms with Gasteiger partial charge in [-0.1, -0.05) is 13.0 Å². The number of hydrogen-bond donors (Lipinski definition) is 0. The van der Waals surface area contributed by atoms with Gasteiger partial charge >= 0.3 is 0 Å². The first-order valence-corrected chi connectivity index (χ1v) is 8.96. The van der Waals surface area contributed by atoms with Crippen LogP contribution in [-0.2, 0) is 6.42 Å². The summed E-state index contributed by atoms with van der Waals surface area (Å²) in [5, 5.41) is 0.260. The van der Waals surface area contributed by atoms with Crippen LogP contribution in [0.3, 0.4) is 0 Å². The summed E-state index contributed by atoms with van der Waals surface area (Å²) in [6, 6.07) is 4.18. The number of nitrogens with zero attached hydrogens (tertiary/aromatic N) is 1. The van der Waals surface area contributed by atoms with E-state index in [1.165, 1.54) is 49.8 Å². The van der Waals surface area contributed by atoms with Crippen LogP contribution in [0.15, 0.2) is 18.3 Å². The van der Waals surface area contributed by atoms with E-state index >= 15 is 0 Å². The Labute approximate surface area is 133 Å². The summed E-state index contributed by atoms with van der Waals surface area (Å²) in [6.07, 6.45) is 11.3. The lowest BCUT2D eigenvalue weighted by Gasteiger charge is -2.62. The Balaban J connectivity index is 1.59. The van der Waals surface area contributed by atoms with Crippen LogP contribution in [0.4, 0.5) is 0 Å². The summed E-state index contributed by atoms with van der Waals surface area (Å²) in [5.74, 6) is 1.89. The summed E-state index contributed by atoms with van der Waals surface area (Å²) in [4.78, 5) is 4.58. The highest BCUT2D eigenvalue weighted by Crippen LogP contribution is 2.67. The lowest BCUT2D eigenvalue weighted by Crippen LogP contribution is -2.54. The predicted molar refractivity (Wildman–Crippen MR) is 87.5 cm³/mol. The highest BCUT2D eigenvalue weighted by molar-refractivity contribution is 6.21. The fraction of sp³-hybridized carbons (Fsp3) is 0.737. The Morgan fingerprint density at radius 3 is 2.62 bits per heavy atom. The van der Waals surface area contributed by atoms with Gasteiger partial charge in [0.25, 0.3) is 0 Å². The molecule has 4 aliphatic rings. The largest absolute Gasteiger partial charge is 0.261 e. The van der Waals surface area contributed by atoms with Crippen molar-refractivity contribution < 1.29 is 0 Å². The summed E-state index contributed by atoms with van der Waals surface area (Å²) < 4.78 is 0. The molecule has 0 spiro atoms. The lowest BCUT2D eigenvalue weighted by atomic mass is 9.44. The molecule has 1 heterocycles. The lowest BCUT2D eigenvalue weighted by molar-refractivity contribution is -0.103. The maximum absolute atomic E-state index is 7.03. The number of halogens is 1. The Bertz CT molecular complexity index is 538. The zero-order valence-electron chi connectivity index (χ0n) is 13.2. The maximum Gasteiger partial charge on any atom is 0.0448 e. The van der Waals surface area contributed by atoms with Crippen LogP contribution in [0, 0.1) is 29.6 Å². The van der Waals surface area contributed by atoms with Gasteiger partial charge in [-0.05, 0) is 79.7 Å². The minimum atomic E-state index is 0.260. The number of hydrogen-bond acceptors (Lipinski definition) is 1. The number of aromatic nitrogens is 1. The summed E-state index contributed by atoms with van der Waals surface area (Å²) in [5.41, 5.74) is 3.47. The molecule has 0 saturated heterocycles. The number of aryl methyl sites for hydroxylation is 1. The van der Waals surface area contributed by atoms with Crippen molar-refractivity contribution in [1.82, 2.24) is 4.98 Å². The topological polar surface area (TPSA) is 12.9 Å². The van der Waals surface area contributed by atoms with E-state index in [-0.39, 0.29) is 5.38 Å². The Hall–Kier alpha value is -0.560. The monoisotopic (exact) mass is 303 g/mol. The quantitative estimate of drug-likeness (QED) is 0.704. The van der Waals surface area contributed by atoms with E-state index in [9.17, 15) is 0 Å². The van der Waals surface area contributed by atoms with Gasteiger partial charge in [0.05, 0.1) is 0 Å². The van der Waals surface area contributed by atoms with Crippen LogP contribution in [0.5, 0.6) is 0 Å². The summed E-state index contributed by atoms with van der Waals surface area (Å²) in [6.45, 7) is 4.68. The molecule has 1 nitrogen and oxygen atoms in total. The van der Waals surface area contributed by atoms with Crippen LogP contribution < -0.4 is 0 Å². The van der Waals surface area contributed by atoms with Crippen molar-refractivity contribution in [2.24, 2.45) is 22.7 Å². The van der Waals surface area contributed by atoms with Crippen molar-refractivity contribution in [3.8, 4) is 0 Å². The van der Waals surface area contributed by atoms with E-state index in [0.29, 0.717) is 10.8 Å². The van der Waals surface area contributed by atoms with Gasteiger partial charge in [0.1, 0.15) is 0 Å². The Morgan fingerprint density at radius 1 is 1.29 bits per heavy atom. The molecule has 0 N–H and O–H groups in total. The van der Waals surface area contributed by atoms with Crippen molar-refractivity contribution in [3.63, 3.8) is 0 Å². The van der Waals surface area contributed by atoms with Crippen LogP contribution in [0.2, 0.25) is 0 Å². The van der Waals surface area contributed by atoms with Gasteiger partial charge in [0.2, 0.25) is 0 Å². The van der Waals surface area contributed by atoms with Crippen molar-refractivity contribution in [3.05, 3.63) is 29.6 Å². The van der Waals surface area contributed by atoms with Gasteiger partial charge in [0, 0.05) is 23.7 Å². The van der Waals surface area contributed by atoms with E-state index in [0.717, 1.165) is 18.3 Å². The fourth-order valence-corrected chi connectivity index (χ4v) is 6.68. The van der Waals surface area contributed by atoms with Crippen LogP contribution in [-0.4, -0.2) is 10.4 Å². The van der Waals surface area contributed by atoms with E-state index in [1.807, 2.05) is 12.3 Å². The fourth-order valence-electron chi connectivity index (χ4n) is 6.28. The smallest absolute Gasteiger partial charge is 0.0448 e. The second kappa shape index (κ2) is 4.72. The van der Waals surface area contributed by atoms with Gasteiger partial charge in [-0.3, -0.25) is 4.98 Å². The van der Waals surface area contributed by atoms with Gasteiger partial charge in [0.15, 0.2) is 0 Å². The minimum Gasteiger partial charge on any atom is -0.261 e. The van der Waals surface area contributed by atoms with E-state index in [1.54, 1.807) is 0 Å². The third-order valence-electron chi connectivity index (χ3n) is 6.55. The molecule has 0 aromatic carbocycles. The molecule has 0 aliphatic heterocycles. The van der Waals surface area contributed by atoms with E-state index < -0.39 is 0 Å². The van der Waals surface area contributed by atoms with E-state index in [4.69, 9.17) is 11.6 Å². The summed E-state index contributed by atoms with van der Waals surface area (Å²) >= 11 is 7.03. The molecule has 0 radical (unpaired) electrons. The zero-order valence-corrected chi connectivity index (χ0v) is 14.0. The van der Waals surface area contributed by atoms with Crippen molar-refractivity contribution in [2.75, 3.05) is 0 Å². The predicted octanol–water partition coefficient (Wildman–Crippen LogP) is 5.15. The van der Waals surface area contributed by atoms with Gasteiger partial charge in [-0.25, -0.2) is 0 Å². The average molecular weight is 304 g/mol. The number of pyridine rings is 1. The first-order chi connectivity index (χ1) is 9.98. The maximum atomic E-state index is 7.03. The molecule has 0 amide bonds. The molecular weight excluding hydrogens is 278 g/mol. The molecule has 1 aromatic heterocycles. The summed E-state index contributed by atoms with van der Waals surface area (Å²) in [7, 11) is 0. The second-order valence-electron chi connectivity index (χ2n) is 8.57. The van der Waals surface area contributed by atoms with Gasteiger partial charge in [-0.2, -0.15) is 0 Å². The van der Waals surface area contributed by atoms with Gasteiger partial charge < -0.3 is 0 Å². The van der Waals surface area contributed by atoms with Gasteiger partial charge in [-0.15, -0.1) is 11.6 Å². The molecule has 3 unspecified atom stereocenters. The molecule has 2 heteroatoms. The molecule has 5 rings (SSSR count). The SMILES string of the molecule is Cc1cccnc1CC(Cl)C12CC3CC(CC(C)(C3)C1)C2. The van der Waals surface area contributed by atoms with E-state index in [2.05, 4.69) is 24.9 Å². The van der Waals surface area contributed by atoms with Crippen molar-refractivity contribution in [1.29, 1.82) is 0 Å². The van der Waals surface area contributed by atoms with Crippen LogP contribution >= 0.6 is 11.6 Å². The molecule has 1 aromatic rings.